The van der Waals surface area contributed by atoms with Crippen LogP contribution in [0.1, 0.15) is 11.1 Å². The summed E-state index contributed by atoms with van der Waals surface area (Å²) < 4.78 is 5.73. The first-order valence-corrected chi connectivity index (χ1v) is 5.43. The Morgan fingerprint density at radius 3 is 2.47 bits per heavy atom. The molecule has 0 spiro atoms. The lowest BCUT2D eigenvalue weighted by Gasteiger charge is -2.10. The van der Waals surface area contributed by atoms with Crippen LogP contribution in [0.2, 0.25) is 0 Å². The van der Waals surface area contributed by atoms with E-state index in [1.54, 1.807) is 6.07 Å². The van der Waals surface area contributed by atoms with Gasteiger partial charge in [-0.05, 0) is 36.2 Å². The highest BCUT2D eigenvalue weighted by molar-refractivity contribution is 5.39. The standard InChI is InChI=1S/C14H15NO2/c1-11-9-13(17-15)7-8-14(11)16-10-12-5-3-2-4-6-12/h2-9H,10,15H2,1H3. The Hall–Kier alpha value is -2.00. The number of rotatable bonds is 4. The molecule has 0 fully saturated rings. The van der Waals surface area contributed by atoms with E-state index in [2.05, 4.69) is 4.84 Å². The molecule has 2 N–H and O–H groups in total. The Bertz CT molecular complexity index is 483. The highest BCUT2D eigenvalue weighted by atomic mass is 16.6. The van der Waals surface area contributed by atoms with Gasteiger partial charge in [-0.1, -0.05) is 30.3 Å². The molecule has 0 aromatic heterocycles. The van der Waals surface area contributed by atoms with Crippen LogP contribution >= 0.6 is 0 Å². The Morgan fingerprint density at radius 1 is 1.06 bits per heavy atom. The maximum atomic E-state index is 5.73. The van der Waals surface area contributed by atoms with Crippen LogP contribution in [0, 0.1) is 6.92 Å². The summed E-state index contributed by atoms with van der Waals surface area (Å²) in [5.74, 6) is 6.57. The highest BCUT2D eigenvalue weighted by Gasteiger charge is 2.02. The number of aryl methyl sites for hydroxylation is 1. The van der Waals surface area contributed by atoms with E-state index in [0.29, 0.717) is 12.4 Å². The minimum Gasteiger partial charge on any atom is -0.489 e. The molecule has 0 aliphatic heterocycles. The Labute approximate surface area is 101 Å². The Kier molecular flexibility index (Phi) is 3.62. The predicted octanol–water partition coefficient (Wildman–Crippen LogP) is 2.83. The van der Waals surface area contributed by atoms with Crippen molar-refractivity contribution in [1.82, 2.24) is 0 Å². The molecule has 0 saturated heterocycles. The first-order valence-electron chi connectivity index (χ1n) is 5.43. The summed E-state index contributed by atoms with van der Waals surface area (Å²) in [4.78, 5) is 4.66. The lowest BCUT2D eigenvalue weighted by atomic mass is 10.2. The average Bonchev–Trinajstić information content (AvgIpc) is 2.38. The number of ether oxygens (including phenoxy) is 1. The van der Waals surface area contributed by atoms with E-state index in [4.69, 9.17) is 10.6 Å². The van der Waals surface area contributed by atoms with Gasteiger partial charge in [-0.25, -0.2) is 0 Å². The van der Waals surface area contributed by atoms with Crippen molar-refractivity contribution in [2.24, 2.45) is 5.90 Å². The number of benzene rings is 2. The molecular weight excluding hydrogens is 214 g/mol. The van der Waals surface area contributed by atoms with E-state index in [-0.39, 0.29) is 0 Å². The van der Waals surface area contributed by atoms with Gasteiger partial charge in [0.25, 0.3) is 0 Å². The maximum Gasteiger partial charge on any atom is 0.147 e. The summed E-state index contributed by atoms with van der Waals surface area (Å²) in [6.07, 6.45) is 0. The molecule has 0 amide bonds. The minimum absolute atomic E-state index is 0.560. The van der Waals surface area contributed by atoms with Gasteiger partial charge in [0.15, 0.2) is 0 Å². The van der Waals surface area contributed by atoms with Gasteiger partial charge in [0.1, 0.15) is 18.1 Å². The van der Waals surface area contributed by atoms with Crippen molar-refractivity contribution in [3.05, 3.63) is 59.7 Å². The SMILES string of the molecule is Cc1cc(ON)ccc1OCc1ccccc1. The number of hydrogen-bond donors (Lipinski definition) is 1. The van der Waals surface area contributed by atoms with Crippen LogP contribution in [0.4, 0.5) is 0 Å². The molecule has 0 unspecified atom stereocenters. The smallest absolute Gasteiger partial charge is 0.147 e. The normalized spacial score (nSPS) is 10.0. The van der Waals surface area contributed by atoms with E-state index in [1.165, 1.54) is 0 Å². The fourth-order valence-corrected chi connectivity index (χ4v) is 1.59. The molecule has 17 heavy (non-hydrogen) atoms. The monoisotopic (exact) mass is 229 g/mol. The van der Waals surface area contributed by atoms with E-state index in [1.807, 2.05) is 49.4 Å². The summed E-state index contributed by atoms with van der Waals surface area (Å²) >= 11 is 0. The molecule has 2 rings (SSSR count). The predicted molar refractivity (Wildman–Crippen MR) is 66.8 cm³/mol. The minimum atomic E-state index is 0.560. The van der Waals surface area contributed by atoms with Crippen molar-refractivity contribution in [3.63, 3.8) is 0 Å². The summed E-state index contributed by atoms with van der Waals surface area (Å²) in [6.45, 7) is 2.52. The number of hydrogen-bond acceptors (Lipinski definition) is 3. The molecule has 0 saturated carbocycles. The molecule has 0 atom stereocenters. The van der Waals surface area contributed by atoms with Crippen molar-refractivity contribution in [2.45, 2.75) is 13.5 Å². The quantitative estimate of drug-likeness (QED) is 0.820. The van der Waals surface area contributed by atoms with Crippen LogP contribution in [0.15, 0.2) is 48.5 Å². The summed E-state index contributed by atoms with van der Waals surface area (Å²) in [6, 6.07) is 15.5. The zero-order chi connectivity index (χ0) is 12.1. The summed E-state index contributed by atoms with van der Waals surface area (Å²) in [5, 5.41) is 0. The van der Waals surface area contributed by atoms with E-state index >= 15 is 0 Å². The van der Waals surface area contributed by atoms with Crippen molar-refractivity contribution < 1.29 is 9.57 Å². The van der Waals surface area contributed by atoms with Crippen LogP contribution in [-0.4, -0.2) is 0 Å². The Balaban J connectivity index is 2.04. The summed E-state index contributed by atoms with van der Waals surface area (Å²) in [7, 11) is 0. The first-order chi connectivity index (χ1) is 8.29. The molecule has 88 valence electrons. The van der Waals surface area contributed by atoms with Crippen LogP contribution in [0.3, 0.4) is 0 Å². The largest absolute Gasteiger partial charge is 0.489 e. The molecule has 2 aromatic carbocycles. The van der Waals surface area contributed by atoms with Crippen molar-refractivity contribution >= 4 is 0 Å². The fourth-order valence-electron chi connectivity index (χ4n) is 1.59. The molecule has 0 radical (unpaired) electrons. The van der Waals surface area contributed by atoms with Gasteiger partial charge in [0, 0.05) is 0 Å². The molecule has 0 aliphatic rings. The second kappa shape index (κ2) is 5.37. The zero-order valence-corrected chi connectivity index (χ0v) is 9.72. The number of nitrogens with two attached hydrogens (primary N) is 1. The van der Waals surface area contributed by atoms with Crippen molar-refractivity contribution in [3.8, 4) is 11.5 Å². The topological polar surface area (TPSA) is 44.5 Å². The third kappa shape index (κ3) is 2.98. The average molecular weight is 229 g/mol. The van der Waals surface area contributed by atoms with Gasteiger partial charge < -0.3 is 9.57 Å². The van der Waals surface area contributed by atoms with Gasteiger partial charge in [-0.2, -0.15) is 5.90 Å². The van der Waals surface area contributed by atoms with Gasteiger partial charge in [-0.3, -0.25) is 0 Å². The third-order valence-electron chi connectivity index (χ3n) is 2.52. The third-order valence-corrected chi connectivity index (χ3v) is 2.52. The Morgan fingerprint density at radius 2 is 1.82 bits per heavy atom. The first kappa shape index (κ1) is 11.5. The van der Waals surface area contributed by atoms with Crippen LogP contribution < -0.4 is 15.5 Å². The molecule has 0 bridgehead atoms. The second-order valence-electron chi connectivity index (χ2n) is 3.82. The second-order valence-corrected chi connectivity index (χ2v) is 3.82. The van der Waals surface area contributed by atoms with Gasteiger partial charge >= 0.3 is 0 Å². The lowest BCUT2D eigenvalue weighted by molar-refractivity contribution is 0.301. The van der Waals surface area contributed by atoms with Gasteiger partial charge in [0.05, 0.1) is 0 Å². The van der Waals surface area contributed by atoms with Gasteiger partial charge in [-0.15, -0.1) is 0 Å². The van der Waals surface area contributed by atoms with Crippen molar-refractivity contribution in [1.29, 1.82) is 0 Å². The lowest BCUT2D eigenvalue weighted by Crippen LogP contribution is -2.02. The summed E-state index contributed by atoms with van der Waals surface area (Å²) in [5.41, 5.74) is 2.15. The molecule has 0 heterocycles. The molecule has 0 aliphatic carbocycles. The van der Waals surface area contributed by atoms with Crippen molar-refractivity contribution in [2.75, 3.05) is 0 Å². The van der Waals surface area contributed by atoms with Crippen LogP contribution in [0.25, 0.3) is 0 Å². The van der Waals surface area contributed by atoms with E-state index in [0.717, 1.165) is 16.9 Å². The molecule has 2 aromatic rings. The van der Waals surface area contributed by atoms with Crippen LogP contribution in [-0.2, 0) is 6.61 Å². The highest BCUT2D eigenvalue weighted by Crippen LogP contribution is 2.23. The maximum absolute atomic E-state index is 5.73. The van der Waals surface area contributed by atoms with E-state index in [9.17, 15) is 0 Å². The molecule has 3 heteroatoms. The fraction of sp³-hybridized carbons (Fsp3) is 0.143. The van der Waals surface area contributed by atoms with Crippen LogP contribution in [0.5, 0.6) is 11.5 Å². The molecule has 3 nitrogen and oxygen atoms in total. The van der Waals surface area contributed by atoms with E-state index < -0.39 is 0 Å². The molecular formula is C14H15NO2. The van der Waals surface area contributed by atoms with Gasteiger partial charge in [0.2, 0.25) is 0 Å². The zero-order valence-electron chi connectivity index (χ0n) is 9.72.